The number of hydrogen-bond donors (Lipinski definition) is 0. The number of allylic oxidation sites excluding steroid dienone is 2. The first-order valence-electron chi connectivity index (χ1n) is 5.03. The van der Waals surface area contributed by atoms with Crippen LogP contribution in [0.5, 0.6) is 0 Å². The summed E-state index contributed by atoms with van der Waals surface area (Å²) in [6.07, 6.45) is 3.69. The minimum atomic E-state index is 1.01. The molecule has 0 N–H and O–H groups in total. The summed E-state index contributed by atoms with van der Waals surface area (Å²) < 4.78 is 0. The summed E-state index contributed by atoms with van der Waals surface area (Å²) in [4.78, 5) is 4.34. The van der Waals surface area contributed by atoms with E-state index in [1.165, 1.54) is 5.56 Å². The molecular formula is C14H17N. The van der Waals surface area contributed by atoms with Gasteiger partial charge in [-0.1, -0.05) is 42.0 Å². The Labute approximate surface area is 91.9 Å². The summed E-state index contributed by atoms with van der Waals surface area (Å²) in [5.74, 6) is 0. The lowest BCUT2D eigenvalue weighted by Gasteiger charge is -1.99. The SMILES string of the molecule is C=C(C)/C=C\N=C(C)c1ccc(C)cc1. The molecule has 0 aliphatic heterocycles. The number of hydrogen-bond acceptors (Lipinski definition) is 1. The number of aliphatic imine (C=N–C) groups is 1. The summed E-state index contributed by atoms with van der Waals surface area (Å²) in [5.41, 5.74) is 4.46. The summed E-state index contributed by atoms with van der Waals surface area (Å²) in [5, 5.41) is 0. The molecule has 1 nitrogen and oxygen atoms in total. The Morgan fingerprint density at radius 1 is 1.20 bits per heavy atom. The minimum absolute atomic E-state index is 1.01. The number of nitrogens with zero attached hydrogens (tertiary/aromatic N) is 1. The second-order valence-corrected chi connectivity index (χ2v) is 3.74. The third-order valence-corrected chi connectivity index (χ3v) is 2.10. The standard InChI is InChI=1S/C14H17N/c1-11(2)9-10-15-13(4)14-7-5-12(3)6-8-14/h5-10H,1H2,2-4H3/b10-9-,15-13?. The van der Waals surface area contributed by atoms with Crippen molar-refractivity contribution in [1.82, 2.24) is 0 Å². The summed E-state index contributed by atoms with van der Waals surface area (Å²) in [7, 11) is 0. The van der Waals surface area contributed by atoms with Gasteiger partial charge in [0, 0.05) is 11.9 Å². The quantitative estimate of drug-likeness (QED) is 0.517. The summed E-state index contributed by atoms with van der Waals surface area (Å²) in [6, 6.07) is 8.36. The average molecular weight is 199 g/mol. The van der Waals surface area contributed by atoms with Crippen molar-refractivity contribution >= 4 is 5.71 Å². The van der Waals surface area contributed by atoms with Crippen molar-refractivity contribution in [3.05, 3.63) is 59.8 Å². The van der Waals surface area contributed by atoms with Crippen molar-refractivity contribution in [1.29, 1.82) is 0 Å². The third-order valence-electron chi connectivity index (χ3n) is 2.10. The molecule has 0 saturated heterocycles. The molecule has 0 amide bonds. The van der Waals surface area contributed by atoms with E-state index in [-0.39, 0.29) is 0 Å². The van der Waals surface area contributed by atoms with Crippen LogP contribution >= 0.6 is 0 Å². The van der Waals surface area contributed by atoms with Crippen LogP contribution in [0.1, 0.15) is 25.0 Å². The normalized spacial score (nSPS) is 12.1. The predicted molar refractivity (Wildman–Crippen MR) is 67.3 cm³/mol. The van der Waals surface area contributed by atoms with Crippen LogP contribution in [-0.4, -0.2) is 5.71 Å². The molecule has 1 aromatic rings. The van der Waals surface area contributed by atoms with Gasteiger partial charge in [-0.3, -0.25) is 4.99 Å². The Bertz CT molecular complexity index is 394. The van der Waals surface area contributed by atoms with Gasteiger partial charge in [0.25, 0.3) is 0 Å². The maximum Gasteiger partial charge on any atom is 0.0444 e. The van der Waals surface area contributed by atoms with Gasteiger partial charge >= 0.3 is 0 Å². The smallest absolute Gasteiger partial charge is 0.0444 e. The molecule has 0 bridgehead atoms. The molecule has 0 aliphatic carbocycles. The van der Waals surface area contributed by atoms with E-state index >= 15 is 0 Å². The van der Waals surface area contributed by atoms with Gasteiger partial charge in [-0.15, -0.1) is 0 Å². The molecule has 0 aromatic heterocycles. The Kier molecular flexibility index (Phi) is 4.04. The van der Waals surface area contributed by atoms with Gasteiger partial charge in [-0.2, -0.15) is 0 Å². The zero-order valence-corrected chi connectivity index (χ0v) is 9.62. The minimum Gasteiger partial charge on any atom is -0.261 e. The highest BCUT2D eigenvalue weighted by Gasteiger charge is 1.94. The number of benzene rings is 1. The van der Waals surface area contributed by atoms with Gasteiger partial charge in [0.05, 0.1) is 0 Å². The number of rotatable bonds is 3. The summed E-state index contributed by atoms with van der Waals surface area (Å²) in [6.45, 7) is 9.82. The lowest BCUT2D eigenvalue weighted by Crippen LogP contribution is -1.92. The third kappa shape index (κ3) is 3.94. The van der Waals surface area contributed by atoms with Crippen LogP contribution in [0.25, 0.3) is 0 Å². The largest absolute Gasteiger partial charge is 0.261 e. The molecule has 78 valence electrons. The molecule has 15 heavy (non-hydrogen) atoms. The molecule has 0 radical (unpaired) electrons. The Morgan fingerprint density at radius 3 is 2.33 bits per heavy atom. The second kappa shape index (κ2) is 5.30. The van der Waals surface area contributed by atoms with Crippen molar-refractivity contribution in [3.8, 4) is 0 Å². The monoisotopic (exact) mass is 199 g/mol. The van der Waals surface area contributed by atoms with E-state index in [1.807, 2.05) is 19.9 Å². The second-order valence-electron chi connectivity index (χ2n) is 3.74. The maximum atomic E-state index is 4.34. The lowest BCUT2D eigenvalue weighted by atomic mass is 10.1. The molecule has 1 rings (SSSR count). The van der Waals surface area contributed by atoms with E-state index in [2.05, 4.69) is 42.8 Å². The van der Waals surface area contributed by atoms with Gasteiger partial charge in [0.1, 0.15) is 0 Å². The molecule has 0 heterocycles. The van der Waals surface area contributed by atoms with Gasteiger partial charge in [-0.25, -0.2) is 0 Å². The molecule has 1 aromatic carbocycles. The van der Waals surface area contributed by atoms with Crippen molar-refractivity contribution in [2.24, 2.45) is 4.99 Å². The van der Waals surface area contributed by atoms with Crippen LogP contribution in [0.2, 0.25) is 0 Å². The fraction of sp³-hybridized carbons (Fsp3) is 0.214. The van der Waals surface area contributed by atoms with Crippen molar-refractivity contribution in [2.75, 3.05) is 0 Å². The molecular weight excluding hydrogens is 182 g/mol. The van der Waals surface area contributed by atoms with Crippen LogP contribution in [0.15, 0.2) is 53.7 Å². The highest BCUT2D eigenvalue weighted by atomic mass is 14.7. The van der Waals surface area contributed by atoms with Crippen LogP contribution in [0, 0.1) is 6.92 Å². The molecule has 0 fully saturated rings. The molecule has 1 heteroatoms. The Hall–Kier alpha value is -1.63. The first-order chi connectivity index (χ1) is 7.09. The first-order valence-corrected chi connectivity index (χ1v) is 5.03. The lowest BCUT2D eigenvalue weighted by molar-refractivity contribution is 1.43. The fourth-order valence-electron chi connectivity index (χ4n) is 1.15. The highest BCUT2D eigenvalue weighted by Crippen LogP contribution is 2.05. The highest BCUT2D eigenvalue weighted by molar-refractivity contribution is 5.99. The van der Waals surface area contributed by atoms with Gasteiger partial charge in [0.15, 0.2) is 0 Å². The van der Waals surface area contributed by atoms with E-state index in [0.29, 0.717) is 0 Å². The Morgan fingerprint density at radius 2 is 1.80 bits per heavy atom. The van der Waals surface area contributed by atoms with Crippen LogP contribution < -0.4 is 0 Å². The van der Waals surface area contributed by atoms with Crippen molar-refractivity contribution in [2.45, 2.75) is 20.8 Å². The topological polar surface area (TPSA) is 12.4 Å². The maximum absolute atomic E-state index is 4.34. The molecule has 0 spiro atoms. The molecule has 0 unspecified atom stereocenters. The number of aryl methyl sites for hydroxylation is 1. The van der Waals surface area contributed by atoms with E-state index in [1.54, 1.807) is 6.20 Å². The van der Waals surface area contributed by atoms with E-state index in [9.17, 15) is 0 Å². The zero-order chi connectivity index (χ0) is 11.3. The van der Waals surface area contributed by atoms with Crippen molar-refractivity contribution in [3.63, 3.8) is 0 Å². The summed E-state index contributed by atoms with van der Waals surface area (Å²) >= 11 is 0. The van der Waals surface area contributed by atoms with E-state index in [0.717, 1.165) is 16.8 Å². The van der Waals surface area contributed by atoms with Gasteiger partial charge in [-0.05, 0) is 32.4 Å². The first kappa shape index (κ1) is 11.4. The van der Waals surface area contributed by atoms with Crippen LogP contribution in [0.4, 0.5) is 0 Å². The Balaban J connectivity index is 2.80. The van der Waals surface area contributed by atoms with Gasteiger partial charge < -0.3 is 0 Å². The predicted octanol–water partition coefficient (Wildman–Crippen LogP) is 3.89. The molecule has 0 aliphatic rings. The zero-order valence-electron chi connectivity index (χ0n) is 9.62. The fourth-order valence-corrected chi connectivity index (χ4v) is 1.15. The van der Waals surface area contributed by atoms with E-state index in [4.69, 9.17) is 0 Å². The molecule has 0 saturated carbocycles. The van der Waals surface area contributed by atoms with Gasteiger partial charge in [0.2, 0.25) is 0 Å². The van der Waals surface area contributed by atoms with E-state index < -0.39 is 0 Å². The average Bonchev–Trinajstić information content (AvgIpc) is 2.18. The van der Waals surface area contributed by atoms with Crippen LogP contribution in [0.3, 0.4) is 0 Å². The van der Waals surface area contributed by atoms with Crippen molar-refractivity contribution < 1.29 is 0 Å². The molecule has 0 atom stereocenters. The van der Waals surface area contributed by atoms with Crippen LogP contribution in [-0.2, 0) is 0 Å².